The van der Waals surface area contributed by atoms with Gasteiger partial charge in [-0.1, -0.05) is 70.8 Å². The number of aryl methyl sites for hydroxylation is 4. The maximum Gasteiger partial charge on any atom is 0.391 e. The fraction of sp³-hybridized carbons (Fsp3) is 0.143. The third kappa shape index (κ3) is 23.0. The summed E-state index contributed by atoms with van der Waals surface area (Å²) in [5.74, 6) is 1.91. The first-order valence-electron chi connectivity index (χ1n) is 12.4. The monoisotopic (exact) mass is 746 g/mol. The molecule has 0 unspecified atom stereocenters. The molecule has 0 heterocycles. The van der Waals surface area contributed by atoms with Gasteiger partial charge in [0.1, 0.15) is 23.0 Å². The number of benzene rings is 4. The van der Waals surface area contributed by atoms with Crippen LogP contribution in [0.4, 0.5) is 0 Å². The van der Waals surface area contributed by atoms with Gasteiger partial charge in [0.15, 0.2) is 0 Å². The van der Waals surface area contributed by atoms with Gasteiger partial charge in [-0.25, -0.2) is 0 Å². The van der Waals surface area contributed by atoms with Crippen LogP contribution in [0.3, 0.4) is 0 Å². The minimum Gasteiger partial charge on any atom is -0.427 e. The summed E-state index contributed by atoms with van der Waals surface area (Å²) in [6, 6.07) is 28.3. The van der Waals surface area contributed by atoms with Gasteiger partial charge >= 0.3 is 34.4 Å². The molecule has 0 spiro atoms. The second-order valence-corrected chi connectivity index (χ2v) is 11.4. The van der Waals surface area contributed by atoms with E-state index in [1.807, 2.05) is 76.2 Å². The Morgan fingerprint density at radius 1 is 0.311 bits per heavy atom. The molecule has 0 saturated carbocycles. The molecule has 0 saturated heterocycles. The fourth-order valence-corrected chi connectivity index (χ4v) is 4.01. The molecule has 0 atom stereocenters. The van der Waals surface area contributed by atoms with Crippen molar-refractivity contribution in [2.75, 3.05) is 0 Å². The minimum absolute atomic E-state index is 0. The molecular weight excluding hydrogens is 711 g/mol. The molecule has 0 aromatic heterocycles. The third-order valence-corrected chi connectivity index (χ3v) is 6.33. The van der Waals surface area contributed by atoms with Gasteiger partial charge in [0.2, 0.25) is 0 Å². The summed E-state index contributed by atoms with van der Waals surface area (Å²) in [5, 5.41) is 0. The van der Waals surface area contributed by atoms with E-state index in [4.69, 9.17) is 39.1 Å². The molecule has 4 aromatic carbocycles. The summed E-state index contributed by atoms with van der Waals surface area (Å²) >= 11 is 0. The zero-order chi connectivity index (χ0) is 33.1. The van der Waals surface area contributed by atoms with Crippen LogP contribution in [0.15, 0.2) is 97.1 Å². The van der Waals surface area contributed by atoms with Crippen LogP contribution in [0.1, 0.15) is 22.3 Å². The summed E-state index contributed by atoms with van der Waals surface area (Å²) in [4.78, 5) is 67.8. The first-order valence-corrected chi connectivity index (χ1v) is 17.1. The van der Waals surface area contributed by atoms with E-state index in [9.17, 15) is 0 Å². The van der Waals surface area contributed by atoms with Gasteiger partial charge in [-0.15, -0.1) is 0 Å². The zero-order valence-electron chi connectivity index (χ0n) is 24.6. The molecule has 12 nitrogen and oxygen atoms in total. The Morgan fingerprint density at radius 3 is 0.556 bits per heavy atom. The predicted molar refractivity (Wildman–Crippen MR) is 173 cm³/mol. The Kier molecular flexibility index (Phi) is 23.1. The van der Waals surface area contributed by atoms with Crippen molar-refractivity contribution in [2.24, 2.45) is 0 Å². The van der Waals surface area contributed by atoms with Crippen molar-refractivity contribution in [3.05, 3.63) is 119 Å². The molecule has 17 heteroatoms. The van der Waals surface area contributed by atoms with E-state index in [-0.39, 0.29) is 16.5 Å². The molecule has 0 aliphatic rings. The summed E-state index contributed by atoms with van der Waals surface area (Å²) in [7, 11) is -9.15. The molecule has 0 aliphatic heterocycles. The van der Waals surface area contributed by atoms with Crippen LogP contribution in [0.2, 0.25) is 0 Å². The molecule has 250 valence electrons. The van der Waals surface area contributed by atoms with Gasteiger partial charge in [0, 0.05) is 16.5 Å². The Balaban J connectivity index is 0.000000569. The number of hydrogen-bond donors (Lipinski definition) is 8. The SMILES string of the molecule is Cc1ccc(OP(O)O)cc1.Cc1ccc(OP(O)O)cc1.Cc1ccc(OP(O)O)cc1.Cc1ccc(OP(O)O)cc1.[Ni]. The second kappa shape index (κ2) is 24.2. The molecule has 4 aromatic rings. The van der Waals surface area contributed by atoms with Gasteiger partial charge in [-0.3, -0.25) is 0 Å². The first-order chi connectivity index (χ1) is 20.7. The quantitative estimate of drug-likeness (QED) is 0.0737. The molecule has 4 rings (SSSR count). The van der Waals surface area contributed by atoms with Crippen molar-refractivity contribution in [3.63, 3.8) is 0 Å². The molecule has 0 radical (unpaired) electrons. The van der Waals surface area contributed by atoms with E-state index in [1.54, 1.807) is 48.5 Å². The molecule has 45 heavy (non-hydrogen) atoms. The van der Waals surface area contributed by atoms with Crippen molar-refractivity contribution < 1.29 is 73.7 Å². The van der Waals surface area contributed by atoms with Gasteiger partial charge in [-0.05, 0) is 76.2 Å². The van der Waals surface area contributed by atoms with Crippen LogP contribution in [0.5, 0.6) is 23.0 Å². The standard InChI is InChI=1S/4C7H9O3P.Ni/c4*1-6-2-4-7(5-3-6)10-11(8)9;/h4*2-5,8-9H,1H3;. The second-order valence-electron chi connectivity index (χ2n) is 8.63. The van der Waals surface area contributed by atoms with Crippen LogP contribution in [-0.2, 0) is 16.5 Å². The first kappa shape index (κ1) is 43.0. The average molecular weight is 747 g/mol. The van der Waals surface area contributed by atoms with Crippen molar-refractivity contribution >= 4 is 34.4 Å². The fourth-order valence-electron chi connectivity index (χ4n) is 2.77. The molecule has 8 N–H and O–H groups in total. The maximum absolute atomic E-state index is 8.47. The zero-order valence-corrected chi connectivity index (χ0v) is 29.1. The van der Waals surface area contributed by atoms with Crippen LogP contribution in [0.25, 0.3) is 0 Å². The molecular formula is C28H36NiO12P4. The molecule has 0 amide bonds. The van der Waals surface area contributed by atoms with E-state index in [2.05, 4.69) is 18.1 Å². The largest absolute Gasteiger partial charge is 0.427 e. The van der Waals surface area contributed by atoms with Gasteiger partial charge < -0.3 is 57.2 Å². The van der Waals surface area contributed by atoms with Crippen LogP contribution in [0, 0.1) is 27.7 Å². The normalized spacial score (nSPS) is 9.96. The van der Waals surface area contributed by atoms with Gasteiger partial charge in [-0.2, -0.15) is 0 Å². The topological polar surface area (TPSA) is 199 Å². The van der Waals surface area contributed by atoms with E-state index in [0.29, 0.717) is 23.0 Å². The van der Waals surface area contributed by atoms with Crippen molar-refractivity contribution in [1.82, 2.24) is 0 Å². The van der Waals surface area contributed by atoms with Gasteiger partial charge in [0.05, 0.1) is 0 Å². The van der Waals surface area contributed by atoms with E-state index < -0.39 is 34.4 Å². The summed E-state index contributed by atoms with van der Waals surface area (Å²) in [5.41, 5.74) is 4.44. The van der Waals surface area contributed by atoms with E-state index >= 15 is 0 Å². The summed E-state index contributed by atoms with van der Waals surface area (Å²) < 4.78 is 18.6. The molecule has 0 aliphatic carbocycles. The van der Waals surface area contributed by atoms with Crippen LogP contribution < -0.4 is 18.1 Å². The Bertz CT molecular complexity index is 1090. The minimum atomic E-state index is -2.29. The summed E-state index contributed by atoms with van der Waals surface area (Å²) in [6.07, 6.45) is 0. The number of hydrogen-bond acceptors (Lipinski definition) is 12. The number of rotatable bonds is 8. The summed E-state index contributed by atoms with van der Waals surface area (Å²) in [6.45, 7) is 7.80. The maximum atomic E-state index is 8.47. The predicted octanol–water partition coefficient (Wildman–Crippen LogP) is 6.34. The average Bonchev–Trinajstić information content (AvgIpc) is 2.94. The van der Waals surface area contributed by atoms with Crippen molar-refractivity contribution in [1.29, 1.82) is 0 Å². The van der Waals surface area contributed by atoms with E-state index in [0.717, 1.165) is 22.3 Å². The van der Waals surface area contributed by atoms with Crippen molar-refractivity contribution in [3.8, 4) is 23.0 Å². The van der Waals surface area contributed by atoms with Crippen molar-refractivity contribution in [2.45, 2.75) is 27.7 Å². The Morgan fingerprint density at radius 2 is 0.444 bits per heavy atom. The molecule has 0 bridgehead atoms. The smallest absolute Gasteiger partial charge is 0.391 e. The van der Waals surface area contributed by atoms with E-state index in [1.165, 1.54) is 0 Å². The molecule has 0 fully saturated rings. The van der Waals surface area contributed by atoms with Crippen LogP contribution >= 0.6 is 34.4 Å². The Hall–Kier alpha value is -2.03. The third-order valence-electron chi connectivity index (χ3n) is 4.83. The Labute approximate surface area is 277 Å². The van der Waals surface area contributed by atoms with Gasteiger partial charge in [0.25, 0.3) is 0 Å². The van der Waals surface area contributed by atoms with Crippen LogP contribution in [-0.4, -0.2) is 39.1 Å².